The highest BCUT2D eigenvalue weighted by Gasteiger charge is 2.25. The maximum absolute atomic E-state index is 11.8. The average Bonchev–Trinajstić information content (AvgIpc) is 2.13. The van der Waals surface area contributed by atoms with Gasteiger partial charge in [0.25, 0.3) is 0 Å². The van der Waals surface area contributed by atoms with Crippen LogP contribution >= 0.6 is 11.8 Å². The lowest BCUT2D eigenvalue weighted by atomic mass is 10.3. The summed E-state index contributed by atoms with van der Waals surface area (Å²) in [6, 6.07) is 3.37. The van der Waals surface area contributed by atoms with Gasteiger partial charge in [-0.2, -0.15) is 13.2 Å². The van der Waals surface area contributed by atoms with Crippen LogP contribution in [0.1, 0.15) is 12.8 Å². The molecule has 0 aliphatic carbocycles. The molecule has 0 unspecified atom stereocenters. The summed E-state index contributed by atoms with van der Waals surface area (Å²) in [7, 11) is 0. The van der Waals surface area contributed by atoms with Crippen molar-refractivity contribution in [2.45, 2.75) is 24.0 Å². The summed E-state index contributed by atoms with van der Waals surface area (Å²) in [5.41, 5.74) is 6.09. The molecule has 0 bridgehead atoms. The predicted molar refractivity (Wildman–Crippen MR) is 54.7 cm³/mol. The van der Waals surface area contributed by atoms with Crippen molar-refractivity contribution in [3.05, 3.63) is 18.3 Å². The van der Waals surface area contributed by atoms with E-state index in [0.29, 0.717) is 16.5 Å². The first-order chi connectivity index (χ1) is 6.99. The highest BCUT2D eigenvalue weighted by atomic mass is 32.2. The SMILES string of the molecule is Nc1cccnc1SCCCC(F)(F)F. The van der Waals surface area contributed by atoms with Gasteiger partial charge < -0.3 is 5.73 Å². The molecule has 0 amide bonds. The maximum atomic E-state index is 11.8. The van der Waals surface area contributed by atoms with Crippen LogP contribution in [0.3, 0.4) is 0 Å². The molecule has 1 heterocycles. The number of pyridine rings is 1. The minimum atomic E-state index is -4.07. The summed E-state index contributed by atoms with van der Waals surface area (Å²) in [6.07, 6.45) is -3.17. The van der Waals surface area contributed by atoms with Gasteiger partial charge in [-0.15, -0.1) is 11.8 Å². The van der Waals surface area contributed by atoms with Crippen LogP contribution in [0.2, 0.25) is 0 Å². The van der Waals surface area contributed by atoms with Crippen LogP contribution < -0.4 is 5.73 Å². The molecule has 0 atom stereocenters. The second-order valence-corrected chi connectivity index (χ2v) is 4.05. The van der Waals surface area contributed by atoms with E-state index in [2.05, 4.69) is 4.98 Å². The Kier molecular flexibility index (Phi) is 4.26. The van der Waals surface area contributed by atoms with Crippen molar-refractivity contribution >= 4 is 17.4 Å². The Morgan fingerprint density at radius 1 is 1.40 bits per heavy atom. The molecular weight excluding hydrogens is 225 g/mol. The summed E-state index contributed by atoms with van der Waals surface area (Å²) in [5, 5.41) is 0.597. The minimum Gasteiger partial charge on any atom is -0.397 e. The number of thioether (sulfide) groups is 1. The first-order valence-electron chi connectivity index (χ1n) is 4.39. The maximum Gasteiger partial charge on any atom is 0.389 e. The molecule has 15 heavy (non-hydrogen) atoms. The van der Waals surface area contributed by atoms with E-state index in [1.807, 2.05) is 0 Å². The van der Waals surface area contributed by atoms with Crippen LogP contribution in [0.25, 0.3) is 0 Å². The molecule has 1 aromatic heterocycles. The molecule has 6 heteroatoms. The van der Waals surface area contributed by atoms with Crippen molar-refractivity contribution in [1.29, 1.82) is 0 Å². The number of aromatic nitrogens is 1. The number of anilines is 1. The summed E-state index contributed by atoms with van der Waals surface area (Å²) in [5.74, 6) is 0.376. The first kappa shape index (κ1) is 12.2. The lowest BCUT2D eigenvalue weighted by molar-refractivity contribution is -0.134. The van der Waals surface area contributed by atoms with Gasteiger partial charge in [-0.1, -0.05) is 0 Å². The van der Waals surface area contributed by atoms with Crippen molar-refractivity contribution in [3.8, 4) is 0 Å². The van der Waals surface area contributed by atoms with Crippen LogP contribution in [0.4, 0.5) is 18.9 Å². The number of hydrogen-bond donors (Lipinski definition) is 1. The van der Waals surface area contributed by atoms with Gasteiger partial charge in [0.05, 0.1) is 5.69 Å². The minimum absolute atomic E-state index is 0.0875. The third-order valence-electron chi connectivity index (χ3n) is 1.64. The van der Waals surface area contributed by atoms with Crippen LogP contribution in [-0.2, 0) is 0 Å². The lowest BCUT2D eigenvalue weighted by Gasteiger charge is -2.06. The van der Waals surface area contributed by atoms with E-state index in [9.17, 15) is 13.2 Å². The van der Waals surface area contributed by atoms with Crippen LogP contribution in [0.15, 0.2) is 23.4 Å². The van der Waals surface area contributed by atoms with Gasteiger partial charge >= 0.3 is 6.18 Å². The molecule has 0 fully saturated rings. The van der Waals surface area contributed by atoms with E-state index in [-0.39, 0.29) is 6.42 Å². The highest BCUT2D eigenvalue weighted by molar-refractivity contribution is 7.99. The molecular formula is C9H11F3N2S. The Labute approximate surface area is 90.1 Å². The number of nitrogen functional groups attached to an aromatic ring is 1. The van der Waals surface area contributed by atoms with E-state index in [0.717, 1.165) is 0 Å². The molecule has 2 N–H and O–H groups in total. The van der Waals surface area contributed by atoms with Crippen molar-refractivity contribution in [1.82, 2.24) is 4.98 Å². The van der Waals surface area contributed by atoms with Crippen molar-refractivity contribution in [3.63, 3.8) is 0 Å². The number of halogens is 3. The van der Waals surface area contributed by atoms with Gasteiger partial charge in [0.1, 0.15) is 5.03 Å². The molecule has 84 valence electrons. The number of hydrogen-bond acceptors (Lipinski definition) is 3. The van der Waals surface area contributed by atoms with Crippen molar-refractivity contribution < 1.29 is 13.2 Å². The molecule has 0 saturated heterocycles. The normalized spacial score (nSPS) is 11.7. The monoisotopic (exact) mass is 236 g/mol. The quantitative estimate of drug-likeness (QED) is 0.645. The largest absolute Gasteiger partial charge is 0.397 e. The van der Waals surface area contributed by atoms with Crippen LogP contribution in [0, 0.1) is 0 Å². The fraction of sp³-hybridized carbons (Fsp3) is 0.444. The number of nitrogens with two attached hydrogens (primary N) is 1. The summed E-state index contributed by atoms with van der Waals surface area (Å²) in [4.78, 5) is 3.97. The molecule has 0 spiro atoms. The Bertz CT molecular complexity index is 314. The third kappa shape index (κ3) is 4.92. The Balaban J connectivity index is 2.30. The van der Waals surface area contributed by atoms with Crippen molar-refractivity contribution in [2.75, 3.05) is 11.5 Å². The standard InChI is InChI=1S/C9H11F3N2S/c10-9(11,12)4-2-6-15-8-7(13)3-1-5-14-8/h1,3,5H,2,4,6,13H2. The number of rotatable bonds is 4. The fourth-order valence-electron chi connectivity index (χ4n) is 0.965. The Morgan fingerprint density at radius 2 is 2.13 bits per heavy atom. The topological polar surface area (TPSA) is 38.9 Å². The van der Waals surface area contributed by atoms with Gasteiger partial charge in [-0.3, -0.25) is 0 Å². The highest BCUT2D eigenvalue weighted by Crippen LogP contribution is 2.26. The molecule has 1 aromatic rings. The predicted octanol–water partition coefficient (Wildman–Crippen LogP) is 3.10. The molecule has 0 aliphatic rings. The zero-order chi connectivity index (χ0) is 11.3. The molecule has 0 saturated carbocycles. The first-order valence-corrected chi connectivity index (χ1v) is 5.37. The summed E-state index contributed by atoms with van der Waals surface area (Å²) >= 11 is 1.25. The fourth-order valence-corrected chi connectivity index (χ4v) is 1.82. The molecule has 1 rings (SSSR count). The second kappa shape index (κ2) is 5.25. The summed E-state index contributed by atoms with van der Waals surface area (Å²) < 4.78 is 35.4. The zero-order valence-corrected chi connectivity index (χ0v) is 8.74. The average molecular weight is 236 g/mol. The van der Waals surface area contributed by atoms with Crippen molar-refractivity contribution in [2.24, 2.45) is 0 Å². The molecule has 2 nitrogen and oxygen atoms in total. The zero-order valence-electron chi connectivity index (χ0n) is 7.92. The third-order valence-corrected chi connectivity index (χ3v) is 2.75. The van der Waals surface area contributed by atoms with Gasteiger partial charge in [-0.05, 0) is 24.3 Å². The molecule has 0 aromatic carbocycles. The van der Waals surface area contributed by atoms with E-state index in [1.165, 1.54) is 11.8 Å². The summed E-state index contributed by atoms with van der Waals surface area (Å²) in [6.45, 7) is 0. The van der Waals surface area contributed by atoms with E-state index in [1.54, 1.807) is 18.3 Å². The van der Waals surface area contributed by atoms with Gasteiger partial charge in [0.15, 0.2) is 0 Å². The van der Waals surface area contributed by atoms with Gasteiger partial charge in [0.2, 0.25) is 0 Å². The second-order valence-electron chi connectivity index (χ2n) is 2.96. The number of nitrogens with zero attached hydrogens (tertiary/aromatic N) is 1. The van der Waals surface area contributed by atoms with E-state index < -0.39 is 12.6 Å². The molecule has 0 aliphatic heterocycles. The molecule has 0 radical (unpaired) electrons. The Hall–Kier alpha value is -0.910. The van der Waals surface area contributed by atoms with Gasteiger partial charge in [-0.25, -0.2) is 4.98 Å². The van der Waals surface area contributed by atoms with Crippen LogP contribution in [-0.4, -0.2) is 16.9 Å². The Morgan fingerprint density at radius 3 is 2.73 bits per heavy atom. The lowest BCUT2D eigenvalue weighted by Crippen LogP contribution is -2.07. The van der Waals surface area contributed by atoms with E-state index >= 15 is 0 Å². The van der Waals surface area contributed by atoms with E-state index in [4.69, 9.17) is 5.73 Å². The number of alkyl halides is 3. The smallest absolute Gasteiger partial charge is 0.389 e. The van der Waals surface area contributed by atoms with Gasteiger partial charge in [0, 0.05) is 12.6 Å². The van der Waals surface area contributed by atoms with Crippen LogP contribution in [0.5, 0.6) is 0 Å².